The lowest BCUT2D eigenvalue weighted by Crippen LogP contribution is -2.41. The zero-order valence-corrected chi connectivity index (χ0v) is 17.6. The molecule has 1 aliphatic carbocycles. The van der Waals surface area contributed by atoms with E-state index in [1.165, 1.54) is 16.4 Å². The summed E-state index contributed by atoms with van der Waals surface area (Å²) in [6, 6.07) is 9.28. The maximum Gasteiger partial charge on any atom is 0.335 e. The highest BCUT2D eigenvalue weighted by atomic mass is 32.2. The van der Waals surface area contributed by atoms with Crippen LogP contribution in [0.1, 0.15) is 59.2 Å². The average Bonchev–Trinajstić information content (AvgIpc) is 2.69. The predicted molar refractivity (Wildman–Crippen MR) is 111 cm³/mol. The van der Waals surface area contributed by atoms with Crippen molar-refractivity contribution in [3.05, 3.63) is 58.7 Å². The molecule has 7 heteroatoms. The lowest BCUT2D eigenvalue weighted by atomic mass is 9.95. The number of aryl methyl sites for hydroxylation is 1. The van der Waals surface area contributed by atoms with Crippen LogP contribution in [0.25, 0.3) is 0 Å². The van der Waals surface area contributed by atoms with Gasteiger partial charge in [-0.25, -0.2) is 13.2 Å². The van der Waals surface area contributed by atoms with Crippen molar-refractivity contribution < 1.29 is 23.4 Å². The third kappa shape index (κ3) is 4.46. The van der Waals surface area contributed by atoms with E-state index in [4.69, 9.17) is 0 Å². The summed E-state index contributed by atoms with van der Waals surface area (Å²) in [4.78, 5) is 11.5. The third-order valence-electron chi connectivity index (χ3n) is 5.75. The molecular formula is C22H27NO5S. The second-order valence-electron chi connectivity index (χ2n) is 7.69. The van der Waals surface area contributed by atoms with Gasteiger partial charge in [0.05, 0.1) is 10.5 Å². The number of aromatic hydroxyl groups is 1. The molecule has 0 aliphatic heterocycles. The third-order valence-corrected chi connectivity index (χ3v) is 7.78. The number of nitrogens with zero attached hydrogens (tertiary/aromatic N) is 1. The van der Waals surface area contributed by atoms with Gasteiger partial charge in [-0.15, -0.1) is 0 Å². The Kier molecular flexibility index (Phi) is 6.29. The summed E-state index contributed by atoms with van der Waals surface area (Å²) in [5, 5.41) is 19.6. The van der Waals surface area contributed by atoms with Crippen molar-refractivity contribution in [2.24, 2.45) is 0 Å². The van der Waals surface area contributed by atoms with Crippen LogP contribution < -0.4 is 0 Å². The van der Waals surface area contributed by atoms with E-state index in [0.29, 0.717) is 16.7 Å². The Bertz CT molecular complexity index is 1010. The maximum atomic E-state index is 13.7. The van der Waals surface area contributed by atoms with Crippen molar-refractivity contribution in [1.82, 2.24) is 4.31 Å². The molecule has 0 heterocycles. The molecule has 2 aromatic rings. The number of hydrogen-bond acceptors (Lipinski definition) is 4. The number of sulfonamides is 1. The molecule has 6 nitrogen and oxygen atoms in total. The first-order valence-corrected chi connectivity index (χ1v) is 11.3. The molecule has 156 valence electrons. The van der Waals surface area contributed by atoms with Gasteiger partial charge in [0.1, 0.15) is 5.75 Å². The molecule has 0 aromatic heterocycles. The zero-order valence-electron chi connectivity index (χ0n) is 16.8. The fourth-order valence-corrected chi connectivity index (χ4v) is 5.93. The van der Waals surface area contributed by atoms with E-state index in [9.17, 15) is 23.4 Å². The zero-order chi connectivity index (χ0) is 21.2. The van der Waals surface area contributed by atoms with Crippen LogP contribution in [-0.2, 0) is 16.6 Å². The molecule has 3 rings (SSSR count). The monoisotopic (exact) mass is 417 g/mol. The predicted octanol–water partition coefficient (Wildman–Crippen LogP) is 4.23. The number of benzene rings is 2. The van der Waals surface area contributed by atoms with Crippen molar-refractivity contribution in [3.63, 3.8) is 0 Å². The second kappa shape index (κ2) is 8.55. The number of aromatic carboxylic acids is 1. The number of rotatable bonds is 6. The highest BCUT2D eigenvalue weighted by molar-refractivity contribution is 7.89. The smallest absolute Gasteiger partial charge is 0.335 e. The highest BCUT2D eigenvalue weighted by Crippen LogP contribution is 2.33. The number of para-hydroxylation sites is 1. The largest absolute Gasteiger partial charge is 0.508 e. The van der Waals surface area contributed by atoms with E-state index >= 15 is 0 Å². The molecule has 2 N–H and O–H groups in total. The molecule has 2 aromatic carbocycles. The lowest BCUT2D eigenvalue weighted by molar-refractivity contribution is 0.0696. The first-order chi connectivity index (χ1) is 13.7. The molecule has 0 bridgehead atoms. The molecule has 0 amide bonds. The molecule has 0 radical (unpaired) electrons. The number of phenolic OH excluding ortho intramolecular Hbond substituents is 1. The molecule has 1 fully saturated rings. The number of phenols is 1. The minimum Gasteiger partial charge on any atom is -0.508 e. The minimum atomic E-state index is -3.97. The van der Waals surface area contributed by atoms with Gasteiger partial charge >= 0.3 is 5.97 Å². The summed E-state index contributed by atoms with van der Waals surface area (Å²) in [6.07, 6.45) is 4.48. The fraction of sp³-hybridized carbons (Fsp3) is 0.409. The summed E-state index contributed by atoms with van der Waals surface area (Å²) in [7, 11) is -3.97. The topological polar surface area (TPSA) is 94.9 Å². The van der Waals surface area contributed by atoms with Crippen molar-refractivity contribution in [3.8, 4) is 5.75 Å². The van der Waals surface area contributed by atoms with Crippen molar-refractivity contribution >= 4 is 16.0 Å². The van der Waals surface area contributed by atoms with Gasteiger partial charge in [-0.05, 0) is 56.0 Å². The van der Waals surface area contributed by atoms with Crippen LogP contribution in [0.2, 0.25) is 0 Å². The average molecular weight is 418 g/mol. The van der Waals surface area contributed by atoms with E-state index in [1.807, 2.05) is 0 Å². The van der Waals surface area contributed by atoms with Gasteiger partial charge in [0.25, 0.3) is 0 Å². The summed E-state index contributed by atoms with van der Waals surface area (Å²) in [5.74, 6) is -1.11. The van der Waals surface area contributed by atoms with E-state index in [0.717, 1.165) is 32.1 Å². The SMILES string of the molecule is Cc1cc(C(=O)O)cc(S(=O)(=O)N(Cc2ccccc2O)C2CCCCC2)c1C. The summed E-state index contributed by atoms with van der Waals surface area (Å²) >= 11 is 0. The highest BCUT2D eigenvalue weighted by Gasteiger charge is 2.34. The second-order valence-corrected chi connectivity index (χ2v) is 9.55. The van der Waals surface area contributed by atoms with Crippen molar-refractivity contribution in [2.75, 3.05) is 0 Å². The normalized spacial score (nSPS) is 15.6. The Labute approximate surface area is 171 Å². The Morgan fingerprint density at radius 3 is 2.38 bits per heavy atom. The molecule has 29 heavy (non-hydrogen) atoms. The number of carbonyl (C=O) groups is 1. The molecule has 0 saturated heterocycles. The molecular weight excluding hydrogens is 390 g/mol. The standard InChI is InChI=1S/C22H27NO5S/c1-15-12-18(22(25)26)13-21(16(15)2)29(27,28)23(19-9-4-3-5-10-19)14-17-8-6-7-11-20(17)24/h6-8,11-13,19,24H,3-5,9-10,14H2,1-2H3,(H,25,26). The van der Waals surface area contributed by atoms with Crippen LogP contribution in [0.15, 0.2) is 41.3 Å². The maximum absolute atomic E-state index is 13.7. The van der Waals surface area contributed by atoms with Crippen LogP contribution in [0.3, 0.4) is 0 Å². The summed E-state index contributed by atoms with van der Waals surface area (Å²) in [6.45, 7) is 3.47. The Hall–Kier alpha value is -2.38. The van der Waals surface area contributed by atoms with Gasteiger partial charge in [0, 0.05) is 18.2 Å². The quantitative estimate of drug-likeness (QED) is 0.733. The Balaban J connectivity index is 2.11. The van der Waals surface area contributed by atoms with Gasteiger partial charge in [-0.3, -0.25) is 0 Å². The molecule has 1 aliphatic rings. The Morgan fingerprint density at radius 1 is 1.10 bits per heavy atom. The van der Waals surface area contributed by atoms with Gasteiger partial charge in [0.15, 0.2) is 0 Å². The van der Waals surface area contributed by atoms with Crippen LogP contribution in [0.4, 0.5) is 0 Å². The van der Waals surface area contributed by atoms with Gasteiger partial charge < -0.3 is 10.2 Å². The number of carboxylic acids is 1. The minimum absolute atomic E-state index is 0.0240. The number of hydrogen-bond donors (Lipinski definition) is 2. The van der Waals surface area contributed by atoms with E-state index in [1.54, 1.807) is 38.1 Å². The van der Waals surface area contributed by atoms with Gasteiger partial charge in [-0.1, -0.05) is 37.5 Å². The number of carboxylic acid groups (broad SMARTS) is 1. The van der Waals surface area contributed by atoms with Crippen LogP contribution in [0.5, 0.6) is 5.75 Å². The van der Waals surface area contributed by atoms with Gasteiger partial charge in [0.2, 0.25) is 10.0 Å². The Morgan fingerprint density at radius 2 is 1.76 bits per heavy atom. The summed E-state index contributed by atoms with van der Waals surface area (Å²) < 4.78 is 28.9. The van der Waals surface area contributed by atoms with Crippen molar-refractivity contribution in [1.29, 1.82) is 0 Å². The molecule has 0 atom stereocenters. The molecule has 1 saturated carbocycles. The van der Waals surface area contributed by atoms with Crippen molar-refractivity contribution in [2.45, 2.75) is 63.4 Å². The lowest BCUT2D eigenvalue weighted by Gasteiger charge is -2.34. The summed E-state index contributed by atoms with van der Waals surface area (Å²) in [5.41, 5.74) is 1.66. The van der Waals surface area contributed by atoms with Crippen LogP contribution >= 0.6 is 0 Å². The van der Waals surface area contributed by atoms with Crippen LogP contribution in [0, 0.1) is 13.8 Å². The molecule has 0 spiro atoms. The fourth-order valence-electron chi connectivity index (χ4n) is 3.94. The van der Waals surface area contributed by atoms with Gasteiger partial charge in [-0.2, -0.15) is 4.31 Å². The van der Waals surface area contributed by atoms with E-state index < -0.39 is 16.0 Å². The first-order valence-electron chi connectivity index (χ1n) is 9.85. The van der Waals surface area contributed by atoms with E-state index in [2.05, 4.69) is 0 Å². The first kappa shape index (κ1) is 21.3. The molecule has 0 unspecified atom stereocenters. The van der Waals surface area contributed by atoms with Crippen LogP contribution in [-0.4, -0.2) is 34.9 Å². The van der Waals surface area contributed by atoms with E-state index in [-0.39, 0.29) is 28.8 Å².